The van der Waals surface area contributed by atoms with Gasteiger partial charge in [-0.1, -0.05) is 0 Å². The summed E-state index contributed by atoms with van der Waals surface area (Å²) in [5.41, 5.74) is -6.14. The molecule has 16 nitrogen and oxygen atoms in total. The molecule has 3 atom stereocenters. The number of carbonyl (C=O) groups excluding carboxylic acids is 4. The average molecular weight is 823 g/mol. The number of hydrogen-bond donors (Lipinski definition) is 0. The van der Waals surface area contributed by atoms with Gasteiger partial charge in [-0.05, 0) is 103 Å². The quantitative estimate of drug-likeness (QED) is 0.178. The lowest BCUT2D eigenvalue weighted by molar-refractivity contribution is -0.300. The zero-order valence-corrected chi connectivity index (χ0v) is 37.4. The third-order valence-electron chi connectivity index (χ3n) is 12.7. The minimum atomic E-state index is -1.58. The summed E-state index contributed by atoms with van der Waals surface area (Å²) < 4.78 is 24.0. The number of piperidine rings is 4. The lowest BCUT2D eigenvalue weighted by Crippen LogP contribution is -2.60. The first-order chi connectivity index (χ1) is 26.2. The van der Waals surface area contributed by atoms with Crippen LogP contribution in [0.2, 0.25) is 0 Å². The van der Waals surface area contributed by atoms with E-state index in [2.05, 4.69) is 0 Å². The van der Waals surface area contributed by atoms with E-state index in [1.54, 1.807) is 96.9 Å². The molecule has 330 valence electrons. The number of carbonyl (C=O) groups is 4. The summed E-state index contributed by atoms with van der Waals surface area (Å²) in [6, 6.07) is 0. The van der Waals surface area contributed by atoms with Gasteiger partial charge in [0.1, 0.15) is 24.4 Å². The van der Waals surface area contributed by atoms with Crippen molar-refractivity contribution in [1.29, 1.82) is 0 Å². The fourth-order valence-corrected chi connectivity index (χ4v) is 10.3. The molecule has 4 saturated heterocycles. The molecule has 0 spiro atoms. The third kappa shape index (κ3) is 11.1. The van der Waals surface area contributed by atoms with Crippen molar-refractivity contribution in [2.75, 3.05) is 6.54 Å². The normalized spacial score (nSPS) is 28.8. The molecule has 4 rings (SSSR count). The molecule has 0 aliphatic carbocycles. The molecular weight excluding hydrogens is 752 g/mol. The molecular formula is C42H70N4O12. The highest BCUT2D eigenvalue weighted by Gasteiger charge is 2.52. The van der Waals surface area contributed by atoms with Crippen molar-refractivity contribution in [2.24, 2.45) is 11.8 Å². The van der Waals surface area contributed by atoms with Crippen LogP contribution < -0.4 is 0 Å². The second-order valence-corrected chi connectivity index (χ2v) is 21.9. The summed E-state index contributed by atoms with van der Waals surface area (Å²) in [6.45, 7) is 24.6. The number of hydrogen-bond acceptors (Lipinski definition) is 12. The first-order valence-electron chi connectivity index (χ1n) is 20.9. The van der Waals surface area contributed by atoms with Crippen LogP contribution in [0.15, 0.2) is 0 Å². The Bertz CT molecular complexity index is 1470. The van der Waals surface area contributed by atoms with E-state index >= 15 is 0 Å². The van der Waals surface area contributed by atoms with E-state index in [-0.39, 0.29) is 57.9 Å². The van der Waals surface area contributed by atoms with Gasteiger partial charge in [0.25, 0.3) is 0 Å². The second-order valence-electron chi connectivity index (χ2n) is 21.9. The maximum atomic E-state index is 14.5. The standard InChI is InChI=1S/C42H70N4O12/c1-36(2)19-26(15-16-43(36)51)57-34(49)30(17-32(47)55-27-20-37(3,4)44(52)38(5,6)21-27)31(35(50)58-29-24-41(11,12)46(54)42(13,14)25-29)18-33(48)56-28-22-39(7,8)45(53)40(9,10)23-28/h26-31H,15-25H2,1-14H3. The molecule has 0 saturated carbocycles. The van der Waals surface area contributed by atoms with Crippen LogP contribution in [0.5, 0.6) is 0 Å². The van der Waals surface area contributed by atoms with Crippen molar-refractivity contribution in [1.82, 2.24) is 20.3 Å². The smallest absolute Gasteiger partial charge is 0.310 e. The molecule has 0 aromatic rings. The Balaban J connectivity index is 1.69. The highest BCUT2D eigenvalue weighted by Crippen LogP contribution is 2.42. The van der Waals surface area contributed by atoms with Gasteiger partial charge >= 0.3 is 23.9 Å². The van der Waals surface area contributed by atoms with Crippen LogP contribution in [-0.4, -0.2) is 114 Å². The van der Waals surface area contributed by atoms with E-state index in [9.17, 15) is 40.0 Å². The lowest BCUT2D eigenvalue weighted by Gasteiger charge is -2.49. The zero-order valence-electron chi connectivity index (χ0n) is 37.4. The molecule has 4 radical (unpaired) electrons. The number of nitrogens with zero attached hydrogens (tertiary/aromatic N) is 4. The summed E-state index contributed by atoms with van der Waals surface area (Å²) in [7, 11) is 0. The number of rotatable bonds is 11. The van der Waals surface area contributed by atoms with Crippen LogP contribution in [0.25, 0.3) is 0 Å². The fraction of sp³-hybridized carbons (Fsp3) is 0.905. The van der Waals surface area contributed by atoms with Gasteiger partial charge in [-0.2, -0.15) is 0 Å². The van der Waals surface area contributed by atoms with E-state index < -0.39 is 112 Å². The highest BCUT2D eigenvalue weighted by atomic mass is 16.6. The maximum Gasteiger partial charge on any atom is 0.310 e. The van der Waals surface area contributed by atoms with Crippen LogP contribution in [0.3, 0.4) is 0 Å². The predicted molar refractivity (Wildman–Crippen MR) is 206 cm³/mol. The third-order valence-corrected chi connectivity index (χ3v) is 12.7. The van der Waals surface area contributed by atoms with Gasteiger partial charge in [-0.15, -0.1) is 41.1 Å². The summed E-state index contributed by atoms with van der Waals surface area (Å²) in [5, 5.41) is 55.7. The summed E-state index contributed by atoms with van der Waals surface area (Å²) in [6.07, 6.45) is -2.53. The van der Waals surface area contributed by atoms with E-state index in [0.717, 1.165) is 20.3 Å². The van der Waals surface area contributed by atoms with Gasteiger partial charge in [-0.3, -0.25) is 19.2 Å². The predicted octanol–water partition coefficient (Wildman–Crippen LogP) is 5.86. The molecule has 0 bridgehead atoms. The Hall–Kier alpha value is -2.44. The summed E-state index contributed by atoms with van der Waals surface area (Å²) >= 11 is 0. The summed E-state index contributed by atoms with van der Waals surface area (Å²) in [4.78, 5) is 56.9. The van der Waals surface area contributed by atoms with Crippen LogP contribution >= 0.6 is 0 Å². The van der Waals surface area contributed by atoms with Crippen molar-refractivity contribution in [3.63, 3.8) is 0 Å². The SMILES string of the molecule is CC1(C)CC(OC(=O)C(CC(=O)OC2CC(C)(C)N([O])C(C)(C)C2)C(CC(=O)OC2CC(C)(C)N([O])C(C)(C)C2)C(=O)OC2CC(C)(C)N([O])C(C)(C)C2)CCN1[O]. The number of hydroxylamine groups is 8. The topological polar surface area (TPSA) is 198 Å². The minimum absolute atomic E-state index is 0.0955. The Labute approximate surface area is 345 Å². The Morgan fingerprint density at radius 1 is 0.431 bits per heavy atom. The molecule has 16 heteroatoms. The molecule has 3 unspecified atom stereocenters. The van der Waals surface area contributed by atoms with E-state index in [4.69, 9.17) is 18.9 Å². The molecule has 0 aromatic carbocycles. The second kappa shape index (κ2) is 16.8. The molecule has 4 aliphatic rings. The summed E-state index contributed by atoms with van der Waals surface area (Å²) in [5.74, 6) is -6.67. The van der Waals surface area contributed by atoms with Crippen LogP contribution in [-0.2, 0) is 59.0 Å². The van der Waals surface area contributed by atoms with Crippen LogP contribution in [0.1, 0.15) is 161 Å². The fourth-order valence-electron chi connectivity index (χ4n) is 10.3. The molecule has 0 amide bonds. The van der Waals surface area contributed by atoms with Gasteiger partial charge in [0.2, 0.25) is 0 Å². The van der Waals surface area contributed by atoms with Crippen molar-refractivity contribution in [3.8, 4) is 0 Å². The first-order valence-corrected chi connectivity index (χ1v) is 20.9. The molecule has 4 fully saturated rings. The molecule has 4 aliphatic heterocycles. The lowest BCUT2D eigenvalue weighted by atomic mass is 9.79. The van der Waals surface area contributed by atoms with E-state index in [0.29, 0.717) is 0 Å². The van der Waals surface area contributed by atoms with Crippen molar-refractivity contribution < 1.29 is 59.0 Å². The van der Waals surface area contributed by atoms with Crippen molar-refractivity contribution in [3.05, 3.63) is 0 Å². The monoisotopic (exact) mass is 822 g/mol. The zero-order chi connectivity index (χ0) is 44.2. The van der Waals surface area contributed by atoms with Gasteiger partial charge in [0, 0.05) is 90.3 Å². The van der Waals surface area contributed by atoms with Crippen molar-refractivity contribution in [2.45, 2.75) is 224 Å². The van der Waals surface area contributed by atoms with Gasteiger partial charge in [0.05, 0.1) is 24.7 Å². The minimum Gasteiger partial charge on any atom is -0.462 e. The van der Waals surface area contributed by atoms with Crippen LogP contribution in [0.4, 0.5) is 0 Å². The molecule has 4 heterocycles. The molecule has 0 aromatic heterocycles. The van der Waals surface area contributed by atoms with Gasteiger partial charge in [-0.25, -0.2) is 0 Å². The number of esters is 4. The number of ether oxygens (including phenoxy) is 4. The highest BCUT2D eigenvalue weighted by molar-refractivity contribution is 5.88. The first kappa shape index (κ1) is 48.2. The molecule has 58 heavy (non-hydrogen) atoms. The van der Waals surface area contributed by atoms with E-state index in [1.165, 1.54) is 0 Å². The Morgan fingerprint density at radius 3 is 0.983 bits per heavy atom. The van der Waals surface area contributed by atoms with E-state index in [1.807, 2.05) is 0 Å². The van der Waals surface area contributed by atoms with Gasteiger partial charge < -0.3 is 18.9 Å². The molecule has 0 N–H and O–H groups in total. The van der Waals surface area contributed by atoms with Crippen LogP contribution in [0, 0.1) is 11.8 Å². The Morgan fingerprint density at radius 2 is 0.690 bits per heavy atom. The average Bonchev–Trinajstić information content (AvgIpc) is 3.03. The largest absolute Gasteiger partial charge is 0.462 e. The van der Waals surface area contributed by atoms with Gasteiger partial charge in [0.15, 0.2) is 0 Å². The maximum absolute atomic E-state index is 14.5. The van der Waals surface area contributed by atoms with Crippen molar-refractivity contribution >= 4 is 23.9 Å². The Kier molecular flexibility index (Phi) is 14.0.